The zero-order chi connectivity index (χ0) is 22.3. The van der Waals surface area contributed by atoms with Gasteiger partial charge in [0.15, 0.2) is 5.65 Å². The fraction of sp³-hybridized carbons (Fsp3) is 0.455. The van der Waals surface area contributed by atoms with Crippen molar-refractivity contribution in [1.29, 1.82) is 0 Å². The third-order valence-electron chi connectivity index (χ3n) is 4.93. The molecule has 1 aliphatic heterocycles. The number of imidazole rings is 1. The van der Waals surface area contributed by atoms with Crippen molar-refractivity contribution < 1.29 is 19.0 Å². The van der Waals surface area contributed by atoms with Crippen LogP contribution in [0.1, 0.15) is 39.3 Å². The molecule has 1 aliphatic rings. The van der Waals surface area contributed by atoms with Crippen LogP contribution < -0.4 is 5.32 Å². The summed E-state index contributed by atoms with van der Waals surface area (Å²) in [7, 11) is 0. The predicted octanol–water partition coefficient (Wildman–Crippen LogP) is 4.01. The monoisotopic (exact) mass is 457 g/mol. The smallest absolute Gasteiger partial charge is 0.283 e. The summed E-state index contributed by atoms with van der Waals surface area (Å²) in [5.74, 6) is -0.0806. The summed E-state index contributed by atoms with van der Waals surface area (Å²) in [6.45, 7) is 4.97. The van der Waals surface area contributed by atoms with Gasteiger partial charge in [0, 0.05) is 24.7 Å². The van der Waals surface area contributed by atoms with Crippen molar-refractivity contribution in [2.45, 2.75) is 55.5 Å². The first-order valence-corrected chi connectivity index (χ1v) is 11.6. The molecule has 2 aromatic heterocycles. The average Bonchev–Trinajstić information content (AvgIpc) is 3.19. The number of rotatable bonds is 9. The lowest BCUT2D eigenvalue weighted by Gasteiger charge is -2.25. The maximum Gasteiger partial charge on any atom is 0.283 e. The zero-order valence-corrected chi connectivity index (χ0v) is 19.0. The molecule has 4 rings (SSSR count). The minimum absolute atomic E-state index is 0.272. The van der Waals surface area contributed by atoms with Crippen LogP contribution in [-0.2, 0) is 19.0 Å². The molecule has 1 fully saturated rings. The second-order valence-electron chi connectivity index (χ2n) is 7.12. The molecule has 1 unspecified atom stereocenters. The lowest BCUT2D eigenvalue weighted by Crippen LogP contribution is -2.34. The third-order valence-corrected chi connectivity index (χ3v) is 5.93. The van der Waals surface area contributed by atoms with E-state index in [4.69, 9.17) is 19.2 Å². The number of nitrogens with zero attached hydrogens (tertiary/aromatic N) is 4. The highest BCUT2D eigenvalue weighted by atomic mass is 32.2. The fourth-order valence-corrected chi connectivity index (χ4v) is 4.37. The van der Waals surface area contributed by atoms with Gasteiger partial charge in [-0.3, -0.25) is 14.7 Å². The Bertz CT molecular complexity index is 1030. The predicted molar refractivity (Wildman–Crippen MR) is 120 cm³/mol. The molecule has 0 aliphatic carbocycles. The number of carbonyl (C=O) groups excluding carboxylic acids is 1. The van der Waals surface area contributed by atoms with Crippen molar-refractivity contribution in [3.63, 3.8) is 0 Å². The summed E-state index contributed by atoms with van der Waals surface area (Å²) in [4.78, 5) is 27.6. The van der Waals surface area contributed by atoms with Gasteiger partial charge in [-0.1, -0.05) is 30.0 Å². The number of hydrogen-bond donors (Lipinski definition) is 1. The summed E-state index contributed by atoms with van der Waals surface area (Å²) < 4.78 is 18.7. The Hall–Kier alpha value is -2.53. The Labute approximate surface area is 190 Å². The minimum atomic E-state index is -1.02. The third kappa shape index (κ3) is 5.09. The maximum absolute atomic E-state index is 12.9. The summed E-state index contributed by atoms with van der Waals surface area (Å²) in [6.07, 6.45) is 3.06. The topological polar surface area (TPSA) is 100 Å². The maximum atomic E-state index is 12.9. The van der Waals surface area contributed by atoms with Crippen molar-refractivity contribution in [2.75, 3.05) is 25.1 Å². The molecular weight excluding hydrogens is 430 g/mol. The summed E-state index contributed by atoms with van der Waals surface area (Å²) in [6, 6.07) is 9.94. The molecule has 0 bridgehead atoms. The molecule has 1 saturated heterocycles. The first kappa shape index (κ1) is 22.7. The molecule has 10 heteroatoms. The van der Waals surface area contributed by atoms with Crippen LogP contribution >= 0.6 is 11.8 Å². The van der Waals surface area contributed by atoms with Gasteiger partial charge in [0.1, 0.15) is 23.1 Å². The van der Waals surface area contributed by atoms with Gasteiger partial charge in [-0.25, -0.2) is 15.0 Å². The molecule has 3 aromatic rings. The van der Waals surface area contributed by atoms with Crippen molar-refractivity contribution >= 4 is 34.8 Å². The van der Waals surface area contributed by atoms with Crippen LogP contribution in [0.5, 0.6) is 0 Å². The molecule has 0 radical (unpaired) electrons. The van der Waals surface area contributed by atoms with E-state index in [1.807, 2.05) is 48.7 Å². The number of carbonyl (C=O) groups is 1. The molecule has 0 saturated carbocycles. The van der Waals surface area contributed by atoms with Gasteiger partial charge in [-0.2, -0.15) is 0 Å². The number of benzene rings is 1. The van der Waals surface area contributed by atoms with Crippen LogP contribution in [0.2, 0.25) is 0 Å². The fourth-order valence-electron chi connectivity index (χ4n) is 3.52. The molecule has 1 N–H and O–H groups in total. The molecule has 1 aromatic carbocycles. The van der Waals surface area contributed by atoms with E-state index in [0.717, 1.165) is 24.2 Å². The number of amides is 1. The van der Waals surface area contributed by atoms with Gasteiger partial charge in [0.2, 0.25) is 12.2 Å². The average molecular weight is 458 g/mol. The number of anilines is 1. The quantitative estimate of drug-likeness (QED) is 0.380. The number of hydrogen-bond acceptors (Lipinski definition) is 8. The second kappa shape index (κ2) is 10.9. The van der Waals surface area contributed by atoms with Gasteiger partial charge in [0.05, 0.1) is 0 Å². The molecular formula is C22H27N5O4S. The molecule has 0 spiro atoms. The molecule has 1 amide bonds. The van der Waals surface area contributed by atoms with E-state index in [1.54, 1.807) is 0 Å². The molecule has 1 atom stereocenters. The number of ether oxygens (including phenoxy) is 3. The highest BCUT2D eigenvalue weighted by molar-refractivity contribution is 7.99. The Morgan fingerprint density at radius 2 is 2.00 bits per heavy atom. The summed E-state index contributed by atoms with van der Waals surface area (Å²) in [5.41, 5.74) is 1.22. The standard InChI is InChI=1S/C22H27N5O4S/c1-3-29-21(30-4-2)19(28)26-22-25-17-18(27(22)16-12-8-9-13-31-16)23-14-24-20(17)32-15-10-6-5-7-11-15/h5-7,10-11,14,16,21H,3-4,8-9,12-13H2,1-2H3,(H,25,26,28). The SMILES string of the molecule is CCOC(OCC)C(=O)Nc1nc2c(Sc3ccccc3)ncnc2n1C1CCCCO1. The number of nitrogens with one attached hydrogen (secondary N) is 1. The number of aromatic nitrogens is 4. The van der Waals surface area contributed by atoms with Gasteiger partial charge >= 0.3 is 0 Å². The Balaban J connectivity index is 1.72. The van der Waals surface area contributed by atoms with E-state index in [-0.39, 0.29) is 6.23 Å². The first-order chi connectivity index (χ1) is 15.7. The minimum Gasteiger partial charge on any atom is -0.358 e. The van der Waals surface area contributed by atoms with Crippen molar-refractivity contribution in [3.05, 3.63) is 36.7 Å². The van der Waals surface area contributed by atoms with E-state index in [1.165, 1.54) is 18.1 Å². The Morgan fingerprint density at radius 1 is 1.22 bits per heavy atom. The molecule has 170 valence electrons. The van der Waals surface area contributed by atoms with Gasteiger partial charge in [-0.05, 0) is 45.2 Å². The van der Waals surface area contributed by atoms with Gasteiger partial charge in [0.25, 0.3) is 5.91 Å². The highest BCUT2D eigenvalue weighted by Crippen LogP contribution is 2.35. The van der Waals surface area contributed by atoms with Crippen LogP contribution in [0, 0.1) is 0 Å². The van der Waals surface area contributed by atoms with Gasteiger partial charge in [-0.15, -0.1) is 0 Å². The Morgan fingerprint density at radius 3 is 2.69 bits per heavy atom. The lowest BCUT2D eigenvalue weighted by molar-refractivity contribution is -0.164. The zero-order valence-electron chi connectivity index (χ0n) is 18.2. The van der Waals surface area contributed by atoms with E-state index in [0.29, 0.717) is 42.0 Å². The van der Waals surface area contributed by atoms with Crippen molar-refractivity contribution in [1.82, 2.24) is 19.5 Å². The van der Waals surface area contributed by atoms with Crippen LogP contribution in [0.3, 0.4) is 0 Å². The number of fused-ring (bicyclic) bond motifs is 1. The normalized spacial score (nSPS) is 16.5. The largest absolute Gasteiger partial charge is 0.358 e. The second-order valence-corrected chi connectivity index (χ2v) is 8.19. The van der Waals surface area contributed by atoms with Crippen LogP contribution in [0.25, 0.3) is 11.2 Å². The van der Waals surface area contributed by atoms with Crippen molar-refractivity contribution in [3.8, 4) is 0 Å². The summed E-state index contributed by atoms with van der Waals surface area (Å²) in [5, 5.41) is 3.57. The van der Waals surface area contributed by atoms with Crippen molar-refractivity contribution in [2.24, 2.45) is 0 Å². The van der Waals surface area contributed by atoms with E-state index >= 15 is 0 Å². The first-order valence-electron chi connectivity index (χ1n) is 10.8. The van der Waals surface area contributed by atoms with E-state index in [9.17, 15) is 4.79 Å². The molecule has 9 nitrogen and oxygen atoms in total. The molecule has 32 heavy (non-hydrogen) atoms. The van der Waals surface area contributed by atoms with Crippen LogP contribution in [0.4, 0.5) is 5.95 Å². The highest BCUT2D eigenvalue weighted by Gasteiger charge is 2.28. The van der Waals surface area contributed by atoms with Gasteiger partial charge < -0.3 is 14.2 Å². The van der Waals surface area contributed by atoms with Crippen LogP contribution in [0.15, 0.2) is 46.6 Å². The van der Waals surface area contributed by atoms with E-state index in [2.05, 4.69) is 15.3 Å². The Kier molecular flexibility index (Phi) is 7.69. The lowest BCUT2D eigenvalue weighted by atomic mass is 10.2. The summed E-state index contributed by atoms with van der Waals surface area (Å²) >= 11 is 1.50. The van der Waals surface area contributed by atoms with E-state index < -0.39 is 12.2 Å². The molecule has 3 heterocycles. The van der Waals surface area contributed by atoms with Crippen LogP contribution in [-0.4, -0.2) is 51.5 Å².